The van der Waals surface area contributed by atoms with Crippen molar-refractivity contribution in [1.82, 2.24) is 9.88 Å². The summed E-state index contributed by atoms with van der Waals surface area (Å²) in [4.78, 5) is 20.2. The Hall–Kier alpha value is -1.92. The maximum Gasteiger partial charge on any atom is 0.264 e. The number of nitrogen functional groups attached to an aromatic ring is 1. The highest BCUT2D eigenvalue weighted by Gasteiger charge is 2.19. The van der Waals surface area contributed by atoms with Gasteiger partial charge in [-0.1, -0.05) is 6.07 Å². The number of aryl methyl sites for hydroxylation is 1. The molecule has 0 saturated heterocycles. The average Bonchev–Trinajstić information content (AvgIpc) is 2.83. The molecule has 2 N–H and O–H groups in total. The van der Waals surface area contributed by atoms with Crippen LogP contribution in [0.2, 0.25) is 0 Å². The van der Waals surface area contributed by atoms with Crippen LogP contribution in [0.1, 0.15) is 20.2 Å². The van der Waals surface area contributed by atoms with E-state index in [-0.39, 0.29) is 5.91 Å². The number of methoxy groups -OCH3 is 1. The molecule has 0 spiro atoms. The molecule has 0 unspecified atom stereocenters. The van der Waals surface area contributed by atoms with Crippen molar-refractivity contribution in [2.24, 2.45) is 0 Å². The molecule has 1 amide bonds. The third-order valence-electron chi connectivity index (χ3n) is 3.10. The Kier molecular flexibility index (Phi) is 5.30. The first kappa shape index (κ1) is 15.5. The van der Waals surface area contributed by atoms with Crippen molar-refractivity contribution in [2.75, 3.05) is 26.0 Å². The van der Waals surface area contributed by atoms with Crippen LogP contribution in [0, 0.1) is 6.92 Å². The van der Waals surface area contributed by atoms with Crippen LogP contribution in [0.3, 0.4) is 0 Å². The van der Waals surface area contributed by atoms with E-state index < -0.39 is 0 Å². The number of pyridine rings is 1. The predicted molar refractivity (Wildman–Crippen MR) is 84.3 cm³/mol. The van der Waals surface area contributed by atoms with Gasteiger partial charge in [-0.2, -0.15) is 0 Å². The van der Waals surface area contributed by atoms with Gasteiger partial charge in [-0.05, 0) is 25.1 Å². The molecule has 2 aromatic heterocycles. The quantitative estimate of drug-likeness (QED) is 0.889. The fourth-order valence-electron chi connectivity index (χ4n) is 1.90. The lowest BCUT2D eigenvalue weighted by Gasteiger charge is -2.21. The molecule has 0 bridgehead atoms. The van der Waals surface area contributed by atoms with Gasteiger partial charge in [-0.15, -0.1) is 11.3 Å². The highest BCUT2D eigenvalue weighted by molar-refractivity contribution is 7.14. The molecule has 5 nitrogen and oxygen atoms in total. The van der Waals surface area contributed by atoms with Gasteiger partial charge in [-0.25, -0.2) is 0 Å². The summed E-state index contributed by atoms with van der Waals surface area (Å²) in [7, 11) is 1.62. The Morgan fingerprint density at radius 1 is 1.48 bits per heavy atom. The lowest BCUT2D eigenvalue weighted by Crippen LogP contribution is -2.33. The van der Waals surface area contributed by atoms with Gasteiger partial charge in [0.25, 0.3) is 5.91 Å². The lowest BCUT2D eigenvalue weighted by molar-refractivity contribution is 0.0683. The van der Waals surface area contributed by atoms with Crippen LogP contribution < -0.4 is 5.73 Å². The molecule has 0 aliphatic carbocycles. The number of thiophene rings is 1. The third kappa shape index (κ3) is 4.03. The van der Waals surface area contributed by atoms with E-state index in [9.17, 15) is 4.79 Å². The minimum atomic E-state index is -0.0393. The van der Waals surface area contributed by atoms with Crippen LogP contribution in [0.5, 0.6) is 0 Å². The smallest absolute Gasteiger partial charge is 0.264 e. The average molecular weight is 305 g/mol. The maximum atomic E-state index is 12.6. The van der Waals surface area contributed by atoms with Gasteiger partial charge >= 0.3 is 0 Å². The maximum absolute atomic E-state index is 12.6. The van der Waals surface area contributed by atoms with Crippen molar-refractivity contribution in [3.63, 3.8) is 0 Å². The number of hydrogen-bond acceptors (Lipinski definition) is 5. The Labute approximate surface area is 128 Å². The van der Waals surface area contributed by atoms with E-state index in [0.29, 0.717) is 30.3 Å². The second-order valence-electron chi connectivity index (χ2n) is 4.66. The van der Waals surface area contributed by atoms with Crippen molar-refractivity contribution in [3.05, 3.63) is 45.9 Å². The summed E-state index contributed by atoms with van der Waals surface area (Å²) in [6, 6.07) is 7.41. The topological polar surface area (TPSA) is 68.5 Å². The Morgan fingerprint density at radius 3 is 2.86 bits per heavy atom. The van der Waals surface area contributed by atoms with Crippen LogP contribution in [0.25, 0.3) is 0 Å². The molecule has 0 atom stereocenters. The van der Waals surface area contributed by atoms with Crippen molar-refractivity contribution in [1.29, 1.82) is 0 Å². The van der Waals surface area contributed by atoms with Gasteiger partial charge in [0.15, 0.2) is 0 Å². The van der Waals surface area contributed by atoms with Crippen LogP contribution in [-0.4, -0.2) is 36.1 Å². The van der Waals surface area contributed by atoms with Crippen molar-refractivity contribution in [3.8, 4) is 0 Å². The Balaban J connectivity index is 2.16. The molecule has 0 aromatic carbocycles. The Bertz CT molecular complexity index is 579. The van der Waals surface area contributed by atoms with Gasteiger partial charge in [0.05, 0.1) is 23.7 Å². The highest BCUT2D eigenvalue weighted by atomic mass is 32.1. The van der Waals surface area contributed by atoms with E-state index in [1.54, 1.807) is 24.3 Å². The monoisotopic (exact) mass is 305 g/mol. The SMILES string of the molecule is COCCN(Cc1ccccn1)C(=O)c1cc(N)c(C)s1. The molecule has 6 heteroatoms. The second kappa shape index (κ2) is 7.19. The zero-order chi connectivity index (χ0) is 15.2. The number of aromatic nitrogens is 1. The predicted octanol–water partition coefficient (Wildman–Crippen LogP) is 2.32. The molecule has 2 heterocycles. The molecule has 2 aromatic rings. The van der Waals surface area contributed by atoms with Gasteiger partial charge in [0, 0.05) is 30.4 Å². The fraction of sp³-hybridized carbons (Fsp3) is 0.333. The summed E-state index contributed by atoms with van der Waals surface area (Å²) in [5, 5.41) is 0. The largest absolute Gasteiger partial charge is 0.398 e. The lowest BCUT2D eigenvalue weighted by atomic mass is 10.3. The molecule has 2 rings (SSSR count). The van der Waals surface area contributed by atoms with Gasteiger partial charge in [-0.3, -0.25) is 9.78 Å². The number of carbonyl (C=O) groups is 1. The number of hydrogen-bond donors (Lipinski definition) is 1. The molecular weight excluding hydrogens is 286 g/mol. The molecule has 0 fully saturated rings. The van der Waals surface area contributed by atoms with Gasteiger partial charge in [0.1, 0.15) is 0 Å². The number of amides is 1. The van der Waals surface area contributed by atoms with E-state index in [4.69, 9.17) is 10.5 Å². The van der Waals surface area contributed by atoms with E-state index in [1.807, 2.05) is 25.1 Å². The minimum Gasteiger partial charge on any atom is -0.398 e. The number of nitrogens with zero attached hydrogens (tertiary/aromatic N) is 2. The first-order valence-electron chi connectivity index (χ1n) is 6.66. The second-order valence-corrected chi connectivity index (χ2v) is 5.92. The van der Waals surface area contributed by atoms with Crippen LogP contribution in [0.15, 0.2) is 30.5 Å². The van der Waals surface area contributed by atoms with E-state index in [1.165, 1.54) is 11.3 Å². The first-order valence-corrected chi connectivity index (χ1v) is 7.47. The zero-order valence-corrected chi connectivity index (χ0v) is 13.0. The Morgan fingerprint density at radius 2 is 2.29 bits per heavy atom. The summed E-state index contributed by atoms with van der Waals surface area (Å²) in [5.74, 6) is -0.0393. The summed E-state index contributed by atoms with van der Waals surface area (Å²) >= 11 is 1.42. The van der Waals surface area contributed by atoms with Crippen LogP contribution in [0.4, 0.5) is 5.69 Å². The number of ether oxygens (including phenoxy) is 1. The standard InChI is InChI=1S/C15H19N3O2S/c1-11-13(16)9-14(21-11)15(19)18(7-8-20-2)10-12-5-3-4-6-17-12/h3-6,9H,7-8,10,16H2,1-2H3. The molecule has 0 saturated carbocycles. The molecule has 21 heavy (non-hydrogen) atoms. The van der Waals surface area contributed by atoms with Crippen molar-refractivity contribution in [2.45, 2.75) is 13.5 Å². The fourth-order valence-corrected chi connectivity index (χ4v) is 2.81. The minimum absolute atomic E-state index is 0.0393. The number of rotatable bonds is 6. The van der Waals surface area contributed by atoms with E-state index in [2.05, 4.69) is 4.98 Å². The highest BCUT2D eigenvalue weighted by Crippen LogP contribution is 2.25. The molecule has 0 aliphatic heterocycles. The molecule has 0 radical (unpaired) electrons. The first-order chi connectivity index (χ1) is 10.1. The van der Waals surface area contributed by atoms with Crippen LogP contribution in [-0.2, 0) is 11.3 Å². The number of nitrogens with two attached hydrogens (primary N) is 1. The summed E-state index contributed by atoms with van der Waals surface area (Å²) < 4.78 is 5.09. The summed E-state index contributed by atoms with van der Waals surface area (Å²) in [5.41, 5.74) is 7.34. The van der Waals surface area contributed by atoms with Crippen LogP contribution >= 0.6 is 11.3 Å². The molecule has 0 aliphatic rings. The van der Waals surface area contributed by atoms with E-state index >= 15 is 0 Å². The molecule has 112 valence electrons. The zero-order valence-electron chi connectivity index (χ0n) is 12.2. The van der Waals surface area contributed by atoms with Gasteiger partial charge in [0.2, 0.25) is 0 Å². The summed E-state index contributed by atoms with van der Waals surface area (Å²) in [6.45, 7) is 3.37. The van der Waals surface area contributed by atoms with Gasteiger partial charge < -0.3 is 15.4 Å². The third-order valence-corrected chi connectivity index (χ3v) is 4.15. The summed E-state index contributed by atoms with van der Waals surface area (Å²) in [6.07, 6.45) is 1.72. The molecular formula is C15H19N3O2S. The van der Waals surface area contributed by atoms with E-state index in [0.717, 1.165) is 10.6 Å². The van der Waals surface area contributed by atoms with Crippen molar-refractivity contribution < 1.29 is 9.53 Å². The number of carbonyl (C=O) groups excluding carboxylic acids is 1. The number of anilines is 1. The van der Waals surface area contributed by atoms with Crippen molar-refractivity contribution >= 4 is 22.9 Å². The normalized spacial score (nSPS) is 10.6.